The SMILES string of the molecule is CCN(CC)c1ccc([C@H]2CC(=O)C3=C(C2)Nc2ccccc2N[C@@H]3c2ccccc2)cc1. The molecule has 0 aromatic heterocycles. The van der Waals surface area contributed by atoms with Crippen molar-refractivity contribution in [3.05, 3.63) is 101 Å². The van der Waals surface area contributed by atoms with Gasteiger partial charge in [0, 0.05) is 36.5 Å². The summed E-state index contributed by atoms with van der Waals surface area (Å²) in [6, 6.07) is 27.1. The van der Waals surface area contributed by atoms with Crippen LogP contribution in [0.1, 0.15) is 49.8 Å². The zero-order valence-corrected chi connectivity index (χ0v) is 19.3. The van der Waals surface area contributed by atoms with Gasteiger partial charge in [-0.1, -0.05) is 54.6 Å². The van der Waals surface area contributed by atoms with Crippen LogP contribution in [0.4, 0.5) is 17.1 Å². The maximum Gasteiger partial charge on any atom is 0.163 e. The molecular formula is C29H31N3O. The second kappa shape index (κ2) is 9.14. The van der Waals surface area contributed by atoms with Gasteiger partial charge in [0.05, 0.1) is 17.4 Å². The Labute approximate surface area is 196 Å². The number of hydrogen-bond donors (Lipinski definition) is 2. The monoisotopic (exact) mass is 437 g/mol. The highest BCUT2D eigenvalue weighted by atomic mass is 16.1. The maximum absolute atomic E-state index is 13.6. The molecule has 0 amide bonds. The first-order valence-corrected chi connectivity index (χ1v) is 12.0. The number of anilines is 3. The zero-order chi connectivity index (χ0) is 22.8. The van der Waals surface area contributed by atoms with Crippen molar-refractivity contribution in [3.63, 3.8) is 0 Å². The lowest BCUT2D eigenvalue weighted by Crippen LogP contribution is -2.27. The molecule has 2 atom stereocenters. The van der Waals surface area contributed by atoms with Crippen molar-refractivity contribution in [3.8, 4) is 0 Å². The summed E-state index contributed by atoms with van der Waals surface area (Å²) in [5.41, 5.74) is 7.53. The molecule has 0 fully saturated rings. The molecule has 1 aliphatic carbocycles. The summed E-state index contributed by atoms with van der Waals surface area (Å²) in [6.07, 6.45) is 1.36. The molecule has 0 saturated heterocycles. The van der Waals surface area contributed by atoms with Crippen molar-refractivity contribution < 1.29 is 4.79 Å². The molecule has 3 aromatic carbocycles. The summed E-state index contributed by atoms with van der Waals surface area (Å²) in [5.74, 6) is 0.395. The second-order valence-electron chi connectivity index (χ2n) is 8.84. The lowest BCUT2D eigenvalue weighted by molar-refractivity contribution is -0.116. The minimum atomic E-state index is -0.157. The quantitative estimate of drug-likeness (QED) is 0.477. The highest BCUT2D eigenvalue weighted by Gasteiger charge is 2.35. The number of benzene rings is 3. The molecule has 2 aliphatic rings. The van der Waals surface area contributed by atoms with Crippen LogP contribution in [-0.4, -0.2) is 18.9 Å². The highest BCUT2D eigenvalue weighted by Crippen LogP contribution is 2.44. The lowest BCUT2D eigenvalue weighted by Gasteiger charge is -2.30. The van der Waals surface area contributed by atoms with E-state index in [0.717, 1.165) is 47.7 Å². The number of ketones is 1. The van der Waals surface area contributed by atoms with Gasteiger partial charge >= 0.3 is 0 Å². The molecule has 3 aromatic rings. The first-order valence-electron chi connectivity index (χ1n) is 12.0. The third kappa shape index (κ3) is 4.13. The molecule has 168 valence electrons. The van der Waals surface area contributed by atoms with E-state index in [9.17, 15) is 4.79 Å². The maximum atomic E-state index is 13.6. The Balaban J connectivity index is 1.51. The molecule has 1 heterocycles. The third-order valence-electron chi connectivity index (χ3n) is 6.93. The fourth-order valence-corrected chi connectivity index (χ4v) is 5.17. The zero-order valence-electron chi connectivity index (χ0n) is 19.3. The van der Waals surface area contributed by atoms with Crippen molar-refractivity contribution in [2.45, 2.75) is 38.6 Å². The minimum Gasteiger partial charge on any atom is -0.372 e. The van der Waals surface area contributed by atoms with Crippen LogP contribution < -0.4 is 15.5 Å². The Bertz CT molecular complexity index is 1160. The number of carbonyl (C=O) groups is 1. The highest BCUT2D eigenvalue weighted by molar-refractivity contribution is 6.01. The Morgan fingerprint density at radius 2 is 1.45 bits per heavy atom. The number of fused-ring (bicyclic) bond motifs is 1. The van der Waals surface area contributed by atoms with Crippen molar-refractivity contribution in [1.82, 2.24) is 0 Å². The molecule has 0 spiro atoms. The summed E-state index contributed by atoms with van der Waals surface area (Å²) in [6.45, 7) is 6.34. The molecule has 0 bridgehead atoms. The Hall–Kier alpha value is -3.53. The molecule has 1 aliphatic heterocycles. The van der Waals surface area contributed by atoms with E-state index in [4.69, 9.17) is 0 Å². The second-order valence-corrected chi connectivity index (χ2v) is 8.84. The van der Waals surface area contributed by atoms with Gasteiger partial charge in [0.15, 0.2) is 5.78 Å². The van der Waals surface area contributed by atoms with Crippen LogP contribution in [0.25, 0.3) is 0 Å². The number of nitrogens with zero attached hydrogens (tertiary/aromatic N) is 1. The van der Waals surface area contributed by atoms with Crippen LogP contribution in [-0.2, 0) is 4.79 Å². The van der Waals surface area contributed by atoms with Crippen molar-refractivity contribution in [2.75, 3.05) is 28.6 Å². The van der Waals surface area contributed by atoms with Gasteiger partial charge in [-0.2, -0.15) is 0 Å². The van der Waals surface area contributed by atoms with E-state index >= 15 is 0 Å². The van der Waals surface area contributed by atoms with Crippen molar-refractivity contribution >= 4 is 22.8 Å². The average Bonchev–Trinajstić information content (AvgIpc) is 3.03. The summed E-state index contributed by atoms with van der Waals surface area (Å²) < 4.78 is 0. The Morgan fingerprint density at radius 1 is 0.788 bits per heavy atom. The molecule has 0 unspecified atom stereocenters. The minimum absolute atomic E-state index is 0.157. The van der Waals surface area contributed by atoms with E-state index in [1.807, 2.05) is 30.3 Å². The van der Waals surface area contributed by atoms with Crippen LogP contribution >= 0.6 is 0 Å². The summed E-state index contributed by atoms with van der Waals surface area (Å²) in [4.78, 5) is 16.0. The van der Waals surface area contributed by atoms with Gasteiger partial charge in [0.25, 0.3) is 0 Å². The number of allylic oxidation sites excluding steroid dienone is 1. The van der Waals surface area contributed by atoms with Gasteiger partial charge in [-0.15, -0.1) is 0 Å². The largest absolute Gasteiger partial charge is 0.372 e. The van der Waals surface area contributed by atoms with Gasteiger partial charge in [0.2, 0.25) is 0 Å². The van der Waals surface area contributed by atoms with E-state index in [-0.39, 0.29) is 17.7 Å². The molecule has 33 heavy (non-hydrogen) atoms. The average molecular weight is 438 g/mol. The molecule has 4 heteroatoms. The van der Waals surface area contributed by atoms with E-state index in [0.29, 0.717) is 6.42 Å². The molecule has 2 N–H and O–H groups in total. The predicted octanol–water partition coefficient (Wildman–Crippen LogP) is 6.51. The molecule has 0 saturated carbocycles. The Kier molecular flexibility index (Phi) is 5.91. The van der Waals surface area contributed by atoms with Crippen LogP contribution in [0.5, 0.6) is 0 Å². The molecule has 0 radical (unpaired) electrons. The predicted molar refractivity (Wildman–Crippen MR) is 137 cm³/mol. The van der Waals surface area contributed by atoms with Crippen LogP contribution in [0, 0.1) is 0 Å². The molecule has 4 nitrogen and oxygen atoms in total. The first kappa shape index (κ1) is 21.3. The number of rotatable bonds is 5. The number of Topliss-reactive ketones (excluding diaryl/α,β-unsaturated/α-hetero) is 1. The summed E-state index contributed by atoms with van der Waals surface area (Å²) in [7, 11) is 0. The van der Waals surface area contributed by atoms with Gasteiger partial charge in [-0.05, 0) is 61.6 Å². The summed E-state index contributed by atoms with van der Waals surface area (Å²) >= 11 is 0. The fraction of sp³-hybridized carbons (Fsp3) is 0.276. The Morgan fingerprint density at radius 3 is 2.15 bits per heavy atom. The standard InChI is InChI=1S/C29H31N3O/c1-3-32(4-2)23-16-14-20(15-17-23)22-18-26-28(27(33)19-22)29(21-10-6-5-7-11-21)31-25-13-9-8-12-24(25)30-26/h5-17,22,29-31H,3-4,18-19H2,1-2H3/t22-,29-/m1/s1. The topological polar surface area (TPSA) is 44.4 Å². The number of carbonyl (C=O) groups excluding carboxylic acids is 1. The van der Waals surface area contributed by atoms with Crippen LogP contribution in [0.15, 0.2) is 90.1 Å². The number of hydrogen-bond acceptors (Lipinski definition) is 4. The van der Waals surface area contributed by atoms with Crippen LogP contribution in [0.3, 0.4) is 0 Å². The van der Waals surface area contributed by atoms with Gasteiger partial charge in [0.1, 0.15) is 0 Å². The van der Waals surface area contributed by atoms with Gasteiger partial charge in [-0.25, -0.2) is 0 Å². The van der Waals surface area contributed by atoms with Crippen molar-refractivity contribution in [2.24, 2.45) is 0 Å². The van der Waals surface area contributed by atoms with Crippen molar-refractivity contribution in [1.29, 1.82) is 0 Å². The molecular weight excluding hydrogens is 406 g/mol. The normalized spacial score (nSPS) is 19.6. The summed E-state index contributed by atoms with van der Waals surface area (Å²) in [5, 5.41) is 7.27. The van der Waals surface area contributed by atoms with E-state index in [1.54, 1.807) is 0 Å². The molecule has 5 rings (SSSR count). The smallest absolute Gasteiger partial charge is 0.163 e. The first-order chi connectivity index (χ1) is 16.2. The third-order valence-corrected chi connectivity index (χ3v) is 6.93. The lowest BCUT2D eigenvalue weighted by atomic mass is 9.78. The van der Waals surface area contributed by atoms with E-state index in [2.05, 4.69) is 77.9 Å². The van der Waals surface area contributed by atoms with E-state index < -0.39 is 0 Å². The number of nitrogens with one attached hydrogen (secondary N) is 2. The van der Waals surface area contributed by atoms with E-state index in [1.165, 1.54) is 11.3 Å². The number of para-hydroxylation sites is 2. The van der Waals surface area contributed by atoms with Gasteiger partial charge in [-0.3, -0.25) is 4.79 Å². The van der Waals surface area contributed by atoms with Gasteiger partial charge < -0.3 is 15.5 Å². The fourth-order valence-electron chi connectivity index (χ4n) is 5.17. The van der Waals surface area contributed by atoms with Crippen LogP contribution in [0.2, 0.25) is 0 Å².